The molecule has 0 spiro atoms. The molecule has 1 unspecified atom stereocenters. The summed E-state index contributed by atoms with van der Waals surface area (Å²) in [5.74, 6) is 0.824. The summed E-state index contributed by atoms with van der Waals surface area (Å²) in [7, 11) is 4.45. The van der Waals surface area contributed by atoms with Crippen LogP contribution in [0.1, 0.15) is 11.6 Å². The number of ether oxygens (including phenoxy) is 3. The number of nitriles is 1. The Morgan fingerprint density at radius 2 is 1.78 bits per heavy atom. The van der Waals surface area contributed by atoms with Crippen molar-refractivity contribution in [3.8, 4) is 17.6 Å². The number of hydrogen-bond acceptors (Lipinski definition) is 6. The van der Waals surface area contributed by atoms with Gasteiger partial charge in [-0.1, -0.05) is 18.7 Å². The van der Waals surface area contributed by atoms with Crippen LogP contribution >= 0.6 is 0 Å². The van der Waals surface area contributed by atoms with E-state index in [1.807, 2.05) is 30.3 Å². The summed E-state index contributed by atoms with van der Waals surface area (Å²) in [6.07, 6.45) is 0. The Morgan fingerprint density at radius 1 is 1.11 bits per heavy atom. The van der Waals surface area contributed by atoms with E-state index in [0.29, 0.717) is 11.5 Å². The summed E-state index contributed by atoms with van der Waals surface area (Å²) in [5, 5.41) is 9.88. The molecule has 0 radical (unpaired) electrons. The minimum Gasteiger partial charge on any atom is -0.497 e. The molecule has 6 nitrogen and oxygen atoms in total. The lowest BCUT2D eigenvalue weighted by Gasteiger charge is -2.30. The molecule has 0 N–H and O–H groups in total. The van der Waals surface area contributed by atoms with E-state index in [2.05, 4.69) is 12.6 Å². The third-order valence-electron chi connectivity index (χ3n) is 4.08. The van der Waals surface area contributed by atoms with Crippen LogP contribution in [-0.4, -0.2) is 33.8 Å². The number of anilines is 1. The Balaban J connectivity index is 2.46. The predicted octanol–water partition coefficient (Wildman–Crippen LogP) is 3.50. The number of esters is 1. The van der Waals surface area contributed by atoms with E-state index in [1.165, 1.54) is 7.11 Å². The lowest BCUT2D eigenvalue weighted by molar-refractivity contribution is -0.136. The van der Waals surface area contributed by atoms with Crippen molar-refractivity contribution in [3.63, 3.8) is 0 Å². The summed E-state index contributed by atoms with van der Waals surface area (Å²) in [6, 6.07) is 16.2. The second-order valence-electron chi connectivity index (χ2n) is 5.73. The van der Waals surface area contributed by atoms with Gasteiger partial charge in [0, 0.05) is 11.3 Å². The molecular weight excluding hydrogens is 344 g/mol. The number of carbonyl (C=O) groups excluding carboxylic acids is 1. The van der Waals surface area contributed by atoms with Gasteiger partial charge in [-0.25, -0.2) is 4.79 Å². The van der Waals surface area contributed by atoms with Crippen LogP contribution in [0.3, 0.4) is 0 Å². The highest BCUT2D eigenvalue weighted by Gasteiger charge is 2.24. The zero-order valence-electron chi connectivity index (χ0n) is 15.6. The van der Waals surface area contributed by atoms with E-state index < -0.39 is 12.0 Å². The van der Waals surface area contributed by atoms with Gasteiger partial charge in [-0.3, -0.25) is 0 Å². The van der Waals surface area contributed by atoms with Crippen LogP contribution in [0.15, 0.2) is 60.7 Å². The maximum absolute atomic E-state index is 11.9. The first-order valence-electron chi connectivity index (χ1n) is 8.24. The average Bonchev–Trinajstić information content (AvgIpc) is 2.73. The molecule has 140 valence electrons. The van der Waals surface area contributed by atoms with E-state index in [9.17, 15) is 10.1 Å². The summed E-state index contributed by atoms with van der Waals surface area (Å²) in [5.41, 5.74) is 1.73. The van der Waals surface area contributed by atoms with Gasteiger partial charge in [-0.05, 0) is 42.0 Å². The van der Waals surface area contributed by atoms with Crippen molar-refractivity contribution in [2.45, 2.75) is 6.04 Å². The second kappa shape index (κ2) is 9.30. The van der Waals surface area contributed by atoms with Crippen LogP contribution in [0.25, 0.3) is 0 Å². The monoisotopic (exact) mass is 366 g/mol. The van der Waals surface area contributed by atoms with Gasteiger partial charge in [0.1, 0.15) is 17.5 Å². The van der Waals surface area contributed by atoms with E-state index in [1.54, 1.807) is 37.3 Å². The quantitative estimate of drug-likeness (QED) is 0.526. The van der Waals surface area contributed by atoms with E-state index in [4.69, 9.17) is 14.2 Å². The molecule has 0 saturated heterocycles. The fourth-order valence-corrected chi connectivity index (χ4v) is 2.66. The molecule has 0 saturated carbocycles. The highest BCUT2D eigenvalue weighted by atomic mass is 16.5. The van der Waals surface area contributed by atoms with Gasteiger partial charge in [0.25, 0.3) is 0 Å². The van der Waals surface area contributed by atoms with Gasteiger partial charge in [0.05, 0.1) is 33.9 Å². The van der Waals surface area contributed by atoms with Crippen LogP contribution in [-0.2, 0) is 9.53 Å². The van der Waals surface area contributed by atoms with E-state index >= 15 is 0 Å². The zero-order valence-corrected chi connectivity index (χ0v) is 15.6. The summed E-state index contributed by atoms with van der Waals surface area (Å²) >= 11 is 0. The van der Waals surface area contributed by atoms with Crippen molar-refractivity contribution in [1.82, 2.24) is 0 Å². The third-order valence-corrected chi connectivity index (χ3v) is 4.08. The average molecular weight is 366 g/mol. The van der Waals surface area contributed by atoms with Crippen LogP contribution < -0.4 is 14.4 Å². The Bertz CT molecular complexity index is 840. The molecule has 2 aromatic carbocycles. The molecule has 2 aromatic rings. The molecular formula is C21H22N2O4. The van der Waals surface area contributed by atoms with Crippen molar-refractivity contribution < 1.29 is 19.0 Å². The Morgan fingerprint density at radius 3 is 2.33 bits per heavy atom. The first-order chi connectivity index (χ1) is 13.0. The molecule has 0 aliphatic rings. The lowest BCUT2D eigenvalue weighted by Crippen LogP contribution is -2.31. The van der Waals surface area contributed by atoms with Crippen LogP contribution in [0, 0.1) is 11.3 Å². The Labute approximate surface area is 159 Å². The number of benzene rings is 2. The van der Waals surface area contributed by atoms with Crippen molar-refractivity contribution in [3.05, 3.63) is 66.2 Å². The first-order valence-corrected chi connectivity index (χ1v) is 8.24. The number of nitrogens with zero attached hydrogens (tertiary/aromatic N) is 2. The normalized spacial score (nSPS) is 11.0. The molecule has 0 aliphatic carbocycles. The second-order valence-corrected chi connectivity index (χ2v) is 5.73. The van der Waals surface area contributed by atoms with Gasteiger partial charge in [-0.15, -0.1) is 0 Å². The molecule has 27 heavy (non-hydrogen) atoms. The molecule has 0 heterocycles. The van der Waals surface area contributed by atoms with Gasteiger partial charge in [0.2, 0.25) is 0 Å². The smallest absolute Gasteiger partial charge is 0.334 e. The zero-order chi connectivity index (χ0) is 19.8. The minimum absolute atomic E-state index is 0.133. The first kappa shape index (κ1) is 19.9. The van der Waals surface area contributed by atoms with Gasteiger partial charge < -0.3 is 19.1 Å². The standard InChI is InChI=1S/C21H22N2O4/c1-15(21(24)27-4)14-23(17-8-10-18(25-2)11-9-17)20(13-22)16-6-5-7-19(12-16)26-3/h5-12,20H,1,14H2,2-4H3. The molecule has 0 bridgehead atoms. The fourth-order valence-electron chi connectivity index (χ4n) is 2.66. The Hall–Kier alpha value is -3.46. The van der Waals surface area contributed by atoms with Crippen LogP contribution in [0.4, 0.5) is 5.69 Å². The molecule has 0 amide bonds. The van der Waals surface area contributed by atoms with Crippen molar-refractivity contribution in [1.29, 1.82) is 5.26 Å². The summed E-state index contributed by atoms with van der Waals surface area (Å²) in [6.45, 7) is 3.93. The van der Waals surface area contributed by atoms with Gasteiger partial charge in [0.15, 0.2) is 0 Å². The number of rotatable bonds is 8. The predicted molar refractivity (Wildman–Crippen MR) is 103 cm³/mol. The number of carbonyl (C=O) groups is 1. The maximum Gasteiger partial charge on any atom is 0.334 e. The van der Waals surface area contributed by atoms with Gasteiger partial charge in [-0.2, -0.15) is 5.26 Å². The Kier molecular flexibility index (Phi) is 6.84. The molecule has 0 aromatic heterocycles. The summed E-state index contributed by atoms with van der Waals surface area (Å²) in [4.78, 5) is 13.6. The third kappa shape index (κ3) is 4.79. The molecule has 0 aliphatic heterocycles. The van der Waals surface area contributed by atoms with Crippen LogP contribution in [0.5, 0.6) is 11.5 Å². The molecule has 1 atom stereocenters. The lowest BCUT2D eigenvalue weighted by atomic mass is 10.0. The summed E-state index contributed by atoms with van der Waals surface area (Å²) < 4.78 is 15.2. The highest BCUT2D eigenvalue weighted by molar-refractivity contribution is 5.88. The highest BCUT2D eigenvalue weighted by Crippen LogP contribution is 2.30. The van der Waals surface area contributed by atoms with Gasteiger partial charge >= 0.3 is 5.97 Å². The maximum atomic E-state index is 11.9. The molecule has 0 fully saturated rings. The van der Waals surface area contributed by atoms with Crippen molar-refractivity contribution in [2.24, 2.45) is 0 Å². The van der Waals surface area contributed by atoms with E-state index in [0.717, 1.165) is 11.3 Å². The number of hydrogen-bond donors (Lipinski definition) is 0. The fraction of sp³-hybridized carbons (Fsp3) is 0.238. The molecule has 6 heteroatoms. The minimum atomic E-state index is -0.657. The van der Waals surface area contributed by atoms with Crippen molar-refractivity contribution in [2.75, 3.05) is 32.8 Å². The van der Waals surface area contributed by atoms with Crippen molar-refractivity contribution >= 4 is 11.7 Å². The topological polar surface area (TPSA) is 71.8 Å². The number of methoxy groups -OCH3 is 3. The van der Waals surface area contributed by atoms with E-state index in [-0.39, 0.29) is 12.1 Å². The SMILES string of the molecule is C=C(CN(c1ccc(OC)cc1)C(C#N)c1cccc(OC)c1)C(=O)OC. The van der Waals surface area contributed by atoms with Crippen LogP contribution in [0.2, 0.25) is 0 Å². The largest absolute Gasteiger partial charge is 0.497 e. The molecule has 2 rings (SSSR count).